The van der Waals surface area contributed by atoms with Crippen molar-refractivity contribution in [3.05, 3.63) is 47.0 Å². The van der Waals surface area contributed by atoms with Gasteiger partial charge in [-0.1, -0.05) is 0 Å². The molecular weight excluding hydrogens is 342 g/mol. The first-order valence-electron chi connectivity index (χ1n) is 8.69. The Hall–Kier alpha value is -2.77. The van der Waals surface area contributed by atoms with E-state index in [1.165, 1.54) is 0 Å². The largest absolute Gasteiger partial charge is 0.348 e. The van der Waals surface area contributed by atoms with Crippen molar-refractivity contribution in [2.45, 2.75) is 44.7 Å². The molecule has 0 atom stereocenters. The van der Waals surface area contributed by atoms with Gasteiger partial charge >= 0.3 is 0 Å². The van der Waals surface area contributed by atoms with Crippen LogP contribution in [0.4, 0.5) is 14.5 Å². The van der Waals surface area contributed by atoms with Crippen LogP contribution >= 0.6 is 0 Å². The molecule has 0 radical (unpaired) electrons. The first-order valence-corrected chi connectivity index (χ1v) is 8.69. The third-order valence-corrected chi connectivity index (χ3v) is 4.63. The topological polar surface area (TPSA) is 76.0 Å². The number of hydrogen-bond acceptors (Lipinski definition) is 3. The van der Waals surface area contributed by atoms with Crippen LogP contribution in [0.2, 0.25) is 0 Å². The highest BCUT2D eigenvalue weighted by Gasteiger charge is 2.31. The van der Waals surface area contributed by atoms with Gasteiger partial charge in [-0.3, -0.25) is 9.59 Å². The Labute approximate surface area is 148 Å². The van der Waals surface area contributed by atoms with E-state index in [9.17, 15) is 18.4 Å². The summed E-state index contributed by atoms with van der Waals surface area (Å²) >= 11 is 0. The Bertz CT molecular complexity index is 890. The van der Waals surface area contributed by atoms with E-state index in [1.807, 2.05) is 0 Å². The number of aromatic nitrogens is 2. The predicted molar refractivity (Wildman–Crippen MR) is 90.0 cm³/mol. The van der Waals surface area contributed by atoms with E-state index in [0.29, 0.717) is 19.0 Å². The molecule has 2 amide bonds. The summed E-state index contributed by atoms with van der Waals surface area (Å²) < 4.78 is 28.5. The van der Waals surface area contributed by atoms with Crippen LogP contribution in [0.15, 0.2) is 18.2 Å². The lowest BCUT2D eigenvalue weighted by atomic mass is 10.1. The highest BCUT2D eigenvalue weighted by Crippen LogP contribution is 2.24. The maximum Gasteiger partial charge on any atom is 0.291 e. The lowest BCUT2D eigenvalue weighted by molar-refractivity contribution is 0.0945. The van der Waals surface area contributed by atoms with Gasteiger partial charge in [0.15, 0.2) is 5.82 Å². The third-order valence-electron chi connectivity index (χ3n) is 4.63. The molecule has 2 aliphatic rings. The second-order valence-corrected chi connectivity index (χ2v) is 6.67. The number of halogens is 2. The van der Waals surface area contributed by atoms with Gasteiger partial charge in [0, 0.05) is 18.7 Å². The molecule has 1 aliphatic heterocycles. The fourth-order valence-electron chi connectivity index (χ4n) is 3.15. The minimum Gasteiger partial charge on any atom is -0.348 e. The second-order valence-electron chi connectivity index (χ2n) is 6.67. The molecule has 26 heavy (non-hydrogen) atoms. The summed E-state index contributed by atoms with van der Waals surface area (Å²) in [5, 5.41) is 5.30. The molecule has 1 aromatic carbocycles. The molecule has 0 spiro atoms. The zero-order chi connectivity index (χ0) is 18.3. The SMILES string of the molecule is O=C(NC1CC1)c1nc(C(=O)Nc2ccc(F)cc2F)n2c1CCCC2. The fourth-order valence-corrected chi connectivity index (χ4v) is 3.15. The standard InChI is InChI=1S/C18H18F2N4O2/c19-10-4-7-13(12(20)9-10)22-18(26)16-23-15(17(25)21-11-5-6-11)14-3-1-2-8-24(14)16/h4,7,9,11H,1-3,5-6,8H2,(H,21,25)(H,22,26). The van der Waals surface area contributed by atoms with Crippen LogP contribution < -0.4 is 10.6 Å². The third kappa shape index (κ3) is 3.18. The molecule has 136 valence electrons. The lowest BCUT2D eigenvalue weighted by Gasteiger charge is -2.17. The Morgan fingerprint density at radius 3 is 2.69 bits per heavy atom. The van der Waals surface area contributed by atoms with Crippen molar-refractivity contribution in [3.8, 4) is 0 Å². The summed E-state index contributed by atoms with van der Waals surface area (Å²) in [6.07, 6.45) is 4.37. The monoisotopic (exact) mass is 360 g/mol. The number of benzene rings is 1. The van der Waals surface area contributed by atoms with Crippen molar-refractivity contribution in [3.63, 3.8) is 0 Å². The highest BCUT2D eigenvalue weighted by molar-refractivity contribution is 6.03. The molecule has 0 bridgehead atoms. The van der Waals surface area contributed by atoms with E-state index in [0.717, 1.165) is 43.5 Å². The molecule has 6 nitrogen and oxygen atoms in total. The first kappa shape index (κ1) is 16.7. The van der Waals surface area contributed by atoms with Crippen LogP contribution in [0.1, 0.15) is 52.5 Å². The molecule has 8 heteroatoms. The number of imidazole rings is 1. The maximum absolute atomic E-state index is 13.8. The Kier molecular flexibility index (Phi) is 4.18. The van der Waals surface area contributed by atoms with Crippen molar-refractivity contribution < 1.29 is 18.4 Å². The summed E-state index contributed by atoms with van der Waals surface area (Å²) in [6, 6.07) is 3.11. The van der Waals surface area contributed by atoms with Crippen molar-refractivity contribution >= 4 is 17.5 Å². The highest BCUT2D eigenvalue weighted by atomic mass is 19.1. The van der Waals surface area contributed by atoms with Gasteiger partial charge in [0.1, 0.15) is 17.3 Å². The molecular formula is C18H18F2N4O2. The minimum absolute atomic E-state index is 0.0735. The van der Waals surface area contributed by atoms with Gasteiger partial charge in [-0.25, -0.2) is 13.8 Å². The Morgan fingerprint density at radius 2 is 1.96 bits per heavy atom. The van der Waals surface area contributed by atoms with Gasteiger partial charge in [0.05, 0.1) is 11.4 Å². The van der Waals surface area contributed by atoms with Gasteiger partial charge in [-0.2, -0.15) is 0 Å². The van der Waals surface area contributed by atoms with E-state index < -0.39 is 17.5 Å². The molecule has 1 aliphatic carbocycles. The van der Waals surface area contributed by atoms with Crippen LogP contribution in [0, 0.1) is 11.6 Å². The Morgan fingerprint density at radius 1 is 1.15 bits per heavy atom. The van der Waals surface area contributed by atoms with Crippen LogP contribution in [0.3, 0.4) is 0 Å². The van der Waals surface area contributed by atoms with Gasteiger partial charge in [-0.05, 0) is 44.2 Å². The van der Waals surface area contributed by atoms with Crippen LogP contribution in [-0.4, -0.2) is 27.4 Å². The number of amides is 2. The van der Waals surface area contributed by atoms with Gasteiger partial charge < -0.3 is 15.2 Å². The Balaban J connectivity index is 1.63. The van der Waals surface area contributed by atoms with Crippen molar-refractivity contribution in [1.29, 1.82) is 0 Å². The zero-order valence-electron chi connectivity index (χ0n) is 14.0. The van der Waals surface area contributed by atoms with Gasteiger partial charge in [0.25, 0.3) is 11.8 Å². The van der Waals surface area contributed by atoms with Crippen LogP contribution in [0.5, 0.6) is 0 Å². The smallest absolute Gasteiger partial charge is 0.291 e. The number of carbonyl (C=O) groups is 2. The second kappa shape index (κ2) is 6.51. The van der Waals surface area contributed by atoms with E-state index in [-0.39, 0.29) is 29.2 Å². The fraction of sp³-hybridized carbons (Fsp3) is 0.389. The van der Waals surface area contributed by atoms with Gasteiger partial charge in [-0.15, -0.1) is 0 Å². The molecule has 1 fully saturated rings. The molecule has 0 saturated heterocycles. The van der Waals surface area contributed by atoms with E-state index >= 15 is 0 Å². The summed E-state index contributed by atoms with van der Waals surface area (Å²) in [4.78, 5) is 29.3. The van der Waals surface area contributed by atoms with E-state index in [2.05, 4.69) is 15.6 Å². The number of anilines is 1. The number of nitrogens with zero attached hydrogens (tertiary/aromatic N) is 2. The average molecular weight is 360 g/mol. The van der Waals surface area contributed by atoms with Crippen molar-refractivity contribution in [1.82, 2.24) is 14.9 Å². The molecule has 4 rings (SSSR count). The number of nitrogens with one attached hydrogen (secondary N) is 2. The quantitative estimate of drug-likeness (QED) is 0.880. The van der Waals surface area contributed by atoms with Crippen LogP contribution in [0.25, 0.3) is 0 Å². The number of carbonyl (C=O) groups excluding carboxylic acids is 2. The zero-order valence-corrected chi connectivity index (χ0v) is 14.0. The van der Waals surface area contributed by atoms with Crippen LogP contribution in [-0.2, 0) is 13.0 Å². The molecule has 2 heterocycles. The minimum atomic E-state index is -0.865. The lowest BCUT2D eigenvalue weighted by Crippen LogP contribution is -2.27. The number of fused-ring (bicyclic) bond motifs is 1. The molecule has 0 unspecified atom stereocenters. The van der Waals surface area contributed by atoms with Crippen molar-refractivity contribution in [2.75, 3.05) is 5.32 Å². The summed E-state index contributed by atoms with van der Waals surface area (Å²) in [6.45, 7) is 0.577. The average Bonchev–Trinajstić information content (AvgIpc) is 3.34. The summed E-state index contributed by atoms with van der Waals surface area (Å²) in [5.41, 5.74) is 0.869. The predicted octanol–water partition coefficient (Wildman–Crippen LogP) is 2.64. The summed E-state index contributed by atoms with van der Waals surface area (Å²) in [7, 11) is 0. The first-order chi connectivity index (χ1) is 12.5. The van der Waals surface area contributed by atoms with Gasteiger partial charge in [0.2, 0.25) is 0 Å². The van der Waals surface area contributed by atoms with Crippen molar-refractivity contribution in [2.24, 2.45) is 0 Å². The molecule has 2 aromatic rings. The number of rotatable bonds is 4. The van der Waals surface area contributed by atoms with E-state index in [1.54, 1.807) is 4.57 Å². The maximum atomic E-state index is 13.8. The summed E-state index contributed by atoms with van der Waals surface area (Å²) in [5.74, 6) is -2.41. The number of hydrogen-bond donors (Lipinski definition) is 2. The molecule has 1 aromatic heterocycles. The normalized spacial score (nSPS) is 16.1. The molecule has 2 N–H and O–H groups in total. The van der Waals surface area contributed by atoms with E-state index in [4.69, 9.17) is 0 Å². The molecule has 1 saturated carbocycles.